The van der Waals surface area contributed by atoms with Crippen molar-refractivity contribution in [2.75, 3.05) is 19.6 Å². The summed E-state index contributed by atoms with van der Waals surface area (Å²) in [6.45, 7) is 3.90. The topological polar surface area (TPSA) is 18.3 Å². The van der Waals surface area contributed by atoms with Gasteiger partial charge < -0.3 is 0 Å². The van der Waals surface area contributed by atoms with Gasteiger partial charge in [-0.15, -0.1) is 0 Å². The molecule has 1 N–H and O–H groups in total. The first-order valence-corrected chi connectivity index (χ1v) is 13.5. The minimum Gasteiger partial charge on any atom is -0.274 e. The smallest absolute Gasteiger partial charge is 0.274 e. The van der Waals surface area contributed by atoms with Gasteiger partial charge in [-0.3, -0.25) is 14.8 Å². The maximum absolute atomic E-state index is 3.96. The Hall–Kier alpha value is -0.730. The van der Waals surface area contributed by atoms with Crippen molar-refractivity contribution in [1.29, 1.82) is 0 Å². The van der Waals surface area contributed by atoms with Crippen molar-refractivity contribution in [3.63, 3.8) is 0 Å². The molecule has 6 rings (SSSR count). The highest BCUT2D eigenvalue weighted by molar-refractivity contribution is 5.78. The first kappa shape index (κ1) is 19.0. The van der Waals surface area contributed by atoms with E-state index in [0.717, 1.165) is 41.7 Å². The summed E-state index contributed by atoms with van der Waals surface area (Å²) in [5.74, 6) is 6.71. The van der Waals surface area contributed by atoms with Gasteiger partial charge in [0.15, 0.2) is 0 Å². The molecule has 4 fully saturated rings. The van der Waals surface area contributed by atoms with Crippen LogP contribution in [-0.2, 0) is 0 Å². The van der Waals surface area contributed by atoms with E-state index in [0.29, 0.717) is 0 Å². The fraction of sp³-hybridized carbons (Fsp3) is 0.962. The van der Waals surface area contributed by atoms with Gasteiger partial charge in [0, 0.05) is 0 Å². The van der Waals surface area contributed by atoms with Crippen molar-refractivity contribution in [3.05, 3.63) is 0 Å². The summed E-state index contributed by atoms with van der Waals surface area (Å²) in [4.78, 5) is 2.92. The molecule has 0 spiro atoms. The molecule has 3 heteroatoms. The van der Waals surface area contributed by atoms with E-state index < -0.39 is 0 Å². The minimum atomic E-state index is 0.795. The molecule has 0 aromatic carbocycles. The average molecular weight is 399 g/mol. The molecule has 5 atom stereocenters. The van der Waals surface area contributed by atoms with E-state index in [1.165, 1.54) is 90.3 Å². The SMILES string of the molecule is C1CCC([C@H]2C[N+]3=C(NC[C@@H]3C3CCCCC3)N2CCC2CC3CCC2C3)CC1. The Morgan fingerprint density at radius 2 is 1.55 bits per heavy atom. The van der Waals surface area contributed by atoms with Crippen LogP contribution in [0.4, 0.5) is 0 Å². The minimum absolute atomic E-state index is 0.795. The van der Waals surface area contributed by atoms with Crippen molar-refractivity contribution < 1.29 is 4.58 Å². The second kappa shape index (κ2) is 8.08. The highest BCUT2D eigenvalue weighted by Gasteiger charge is 2.50. The predicted molar refractivity (Wildman–Crippen MR) is 119 cm³/mol. The Balaban J connectivity index is 1.18. The van der Waals surface area contributed by atoms with Crippen LogP contribution in [0.15, 0.2) is 0 Å². The van der Waals surface area contributed by atoms with Gasteiger partial charge in [-0.2, -0.15) is 0 Å². The summed E-state index contributed by atoms with van der Waals surface area (Å²) in [6.07, 6.45) is 22.5. The molecule has 4 aliphatic carbocycles. The molecular weight excluding hydrogens is 354 g/mol. The third kappa shape index (κ3) is 3.53. The quantitative estimate of drug-likeness (QED) is 0.657. The van der Waals surface area contributed by atoms with Gasteiger partial charge in [-0.1, -0.05) is 44.9 Å². The third-order valence-electron chi connectivity index (χ3n) is 10.2. The van der Waals surface area contributed by atoms with E-state index in [4.69, 9.17) is 0 Å². The van der Waals surface area contributed by atoms with E-state index in [2.05, 4.69) is 14.8 Å². The standard InChI is InChI=1S/C26H43N3/c1-3-7-20(8-4-1)24-17-27-26-28(14-13-23-16-19-11-12-22(23)15-19)25(18-29(24)26)21-9-5-2-6-10-21/h19-25H,1-18H2/p+1/t19?,22?,23?,24-,25-/m1/s1. The van der Waals surface area contributed by atoms with Gasteiger partial charge in [-0.05, 0) is 81.0 Å². The summed E-state index contributed by atoms with van der Waals surface area (Å²) in [5.41, 5.74) is 0. The van der Waals surface area contributed by atoms with Crippen LogP contribution in [0.1, 0.15) is 96.3 Å². The molecule has 0 saturated heterocycles. The molecule has 162 valence electrons. The number of fused-ring (bicyclic) bond motifs is 2. The van der Waals surface area contributed by atoms with E-state index in [9.17, 15) is 0 Å². The Bertz CT molecular complexity index is 615. The zero-order chi connectivity index (χ0) is 19.2. The van der Waals surface area contributed by atoms with Gasteiger partial charge in [0.25, 0.3) is 0 Å². The van der Waals surface area contributed by atoms with Crippen LogP contribution in [0.25, 0.3) is 0 Å². The van der Waals surface area contributed by atoms with Crippen molar-refractivity contribution in [3.8, 4) is 0 Å². The lowest BCUT2D eigenvalue weighted by atomic mass is 9.81. The monoisotopic (exact) mass is 398 g/mol. The van der Waals surface area contributed by atoms with Gasteiger partial charge in [0.1, 0.15) is 18.6 Å². The molecule has 3 nitrogen and oxygen atoms in total. The molecule has 2 aliphatic heterocycles. The Morgan fingerprint density at radius 1 is 0.793 bits per heavy atom. The fourth-order valence-electron chi connectivity index (χ4n) is 8.68. The normalized spacial score (nSPS) is 40.7. The second-order valence-electron chi connectivity index (χ2n) is 11.7. The van der Waals surface area contributed by atoms with Crippen LogP contribution in [-0.4, -0.2) is 47.2 Å². The number of rotatable bonds is 5. The van der Waals surface area contributed by atoms with Crippen molar-refractivity contribution in [2.45, 2.75) is 108 Å². The van der Waals surface area contributed by atoms with Crippen molar-refractivity contribution >= 4 is 5.96 Å². The molecule has 0 aromatic rings. The van der Waals surface area contributed by atoms with E-state index >= 15 is 0 Å². The summed E-state index contributed by atoms with van der Waals surface area (Å²) in [5, 5.41) is 3.96. The zero-order valence-corrected chi connectivity index (χ0v) is 18.7. The highest BCUT2D eigenvalue weighted by Crippen LogP contribution is 2.49. The van der Waals surface area contributed by atoms with Crippen LogP contribution in [0.5, 0.6) is 0 Å². The molecule has 4 saturated carbocycles. The van der Waals surface area contributed by atoms with Gasteiger partial charge in [0.2, 0.25) is 0 Å². The van der Waals surface area contributed by atoms with Crippen LogP contribution >= 0.6 is 0 Å². The Morgan fingerprint density at radius 3 is 2.24 bits per heavy atom. The van der Waals surface area contributed by atoms with Crippen LogP contribution in [0.2, 0.25) is 0 Å². The largest absolute Gasteiger partial charge is 0.349 e. The summed E-state index contributed by atoms with van der Waals surface area (Å²) in [6, 6.07) is 1.60. The Kier molecular flexibility index (Phi) is 5.29. The van der Waals surface area contributed by atoms with E-state index in [1.807, 2.05) is 0 Å². The summed E-state index contributed by atoms with van der Waals surface area (Å²) in [7, 11) is 0. The lowest BCUT2D eigenvalue weighted by Crippen LogP contribution is -2.48. The van der Waals surface area contributed by atoms with Crippen LogP contribution in [0.3, 0.4) is 0 Å². The summed E-state index contributed by atoms with van der Waals surface area (Å²) >= 11 is 0. The van der Waals surface area contributed by atoms with Gasteiger partial charge in [-0.25, -0.2) is 0 Å². The molecule has 6 aliphatic rings. The lowest BCUT2D eigenvalue weighted by Gasteiger charge is -2.33. The molecule has 0 radical (unpaired) electrons. The third-order valence-corrected chi connectivity index (χ3v) is 10.2. The van der Waals surface area contributed by atoms with Crippen molar-refractivity contribution in [2.24, 2.45) is 29.6 Å². The van der Waals surface area contributed by atoms with Crippen LogP contribution < -0.4 is 5.32 Å². The maximum atomic E-state index is 3.96. The average Bonchev–Trinajstić information content (AvgIpc) is 3.54. The molecule has 2 heterocycles. The second-order valence-corrected chi connectivity index (χ2v) is 11.7. The van der Waals surface area contributed by atoms with Crippen molar-refractivity contribution in [1.82, 2.24) is 10.2 Å². The van der Waals surface area contributed by atoms with E-state index in [1.54, 1.807) is 31.6 Å². The fourth-order valence-corrected chi connectivity index (χ4v) is 8.68. The zero-order valence-electron chi connectivity index (χ0n) is 18.7. The Labute approximate surface area is 178 Å². The molecular formula is C26H44N3+. The van der Waals surface area contributed by atoms with E-state index in [-0.39, 0.29) is 0 Å². The predicted octanol–water partition coefficient (Wildman–Crippen LogP) is 5.00. The number of guanidine groups is 1. The highest BCUT2D eigenvalue weighted by atomic mass is 15.5. The number of hydrogen-bond acceptors (Lipinski definition) is 2. The molecule has 0 aromatic heterocycles. The molecule has 2 bridgehead atoms. The number of hydrogen-bond donors (Lipinski definition) is 1. The molecule has 3 unspecified atom stereocenters. The van der Waals surface area contributed by atoms with Gasteiger partial charge >= 0.3 is 5.96 Å². The maximum Gasteiger partial charge on any atom is 0.349 e. The summed E-state index contributed by atoms with van der Waals surface area (Å²) < 4.78 is 2.88. The first-order valence-electron chi connectivity index (χ1n) is 13.5. The van der Waals surface area contributed by atoms with Gasteiger partial charge in [0.05, 0.1) is 13.1 Å². The number of nitrogens with zero attached hydrogens (tertiary/aromatic N) is 2. The number of nitrogens with one attached hydrogen (secondary N) is 1. The van der Waals surface area contributed by atoms with Crippen LogP contribution in [0, 0.1) is 29.6 Å². The molecule has 29 heavy (non-hydrogen) atoms. The molecule has 0 amide bonds. The lowest BCUT2D eigenvalue weighted by molar-refractivity contribution is -0.560. The first-order chi connectivity index (χ1) is 14.4.